The van der Waals surface area contributed by atoms with Gasteiger partial charge >= 0.3 is 8.56 Å². The summed E-state index contributed by atoms with van der Waals surface area (Å²) in [6, 6.07) is 0. The minimum atomic E-state index is -2.15. The standard InChI is InChI=1S/C22H52O2Si3/c1-16-17-18-19(2)20(3,4)21(5,6)22(7,8)26(12,13)24-27(14,15)23-25(9,10)11/h19H,16-18H2,1-15H3. The van der Waals surface area contributed by atoms with Crippen LogP contribution in [0.25, 0.3) is 0 Å². The highest BCUT2D eigenvalue weighted by Gasteiger charge is 2.59. The maximum atomic E-state index is 7.00. The summed E-state index contributed by atoms with van der Waals surface area (Å²) in [5, 5.41) is 0.122. The SMILES string of the molecule is CCCCC(C)C(C)(C)C(C)(C)C(C)(C)[Si](C)(C)O[Si](C)(C)O[Si](C)(C)C. The fourth-order valence-corrected chi connectivity index (χ4v) is 18.7. The average Bonchev–Trinajstić information content (AvgIpc) is 2.39. The summed E-state index contributed by atoms with van der Waals surface area (Å²) in [6.45, 7) is 35.8. The predicted octanol–water partition coefficient (Wildman–Crippen LogP) is 8.42. The molecular weight excluding hydrogens is 380 g/mol. The highest BCUT2D eigenvalue weighted by atomic mass is 28.5. The van der Waals surface area contributed by atoms with E-state index in [-0.39, 0.29) is 15.9 Å². The third kappa shape index (κ3) is 6.53. The monoisotopic (exact) mass is 432 g/mol. The zero-order valence-corrected chi connectivity index (χ0v) is 24.5. The van der Waals surface area contributed by atoms with Gasteiger partial charge in [-0.3, -0.25) is 0 Å². The van der Waals surface area contributed by atoms with Crippen molar-refractivity contribution in [3.63, 3.8) is 0 Å². The Kier molecular flexibility index (Phi) is 8.93. The van der Waals surface area contributed by atoms with Gasteiger partial charge in [0.1, 0.15) is 0 Å². The van der Waals surface area contributed by atoms with E-state index in [9.17, 15) is 0 Å². The molecule has 0 aliphatic carbocycles. The molecule has 0 aromatic rings. The van der Waals surface area contributed by atoms with Gasteiger partial charge in [0.15, 0.2) is 16.6 Å². The van der Waals surface area contributed by atoms with E-state index >= 15 is 0 Å². The van der Waals surface area contributed by atoms with E-state index < -0.39 is 25.2 Å². The molecule has 0 saturated carbocycles. The lowest BCUT2D eigenvalue weighted by atomic mass is 9.56. The van der Waals surface area contributed by atoms with Crippen molar-refractivity contribution in [2.75, 3.05) is 0 Å². The van der Waals surface area contributed by atoms with Gasteiger partial charge in [-0.15, -0.1) is 0 Å². The molecule has 1 atom stereocenters. The minimum Gasteiger partial charge on any atom is -0.437 e. The summed E-state index contributed by atoms with van der Waals surface area (Å²) in [5.74, 6) is 0.694. The molecule has 0 fully saturated rings. The van der Waals surface area contributed by atoms with E-state index in [1.54, 1.807) is 0 Å². The van der Waals surface area contributed by atoms with Gasteiger partial charge in [0.05, 0.1) is 0 Å². The largest absolute Gasteiger partial charge is 0.437 e. The van der Waals surface area contributed by atoms with Gasteiger partial charge < -0.3 is 8.23 Å². The van der Waals surface area contributed by atoms with Gasteiger partial charge in [0.25, 0.3) is 0 Å². The molecular formula is C22H52O2Si3. The van der Waals surface area contributed by atoms with Crippen LogP contribution in [0.1, 0.15) is 74.7 Å². The topological polar surface area (TPSA) is 18.5 Å². The summed E-state index contributed by atoms with van der Waals surface area (Å²) in [5.41, 5.74) is 0.400. The van der Waals surface area contributed by atoms with E-state index in [1.165, 1.54) is 19.3 Å². The van der Waals surface area contributed by atoms with Gasteiger partial charge in [-0.25, -0.2) is 0 Å². The molecule has 1 unspecified atom stereocenters. The first kappa shape index (κ1) is 27.6. The predicted molar refractivity (Wildman–Crippen MR) is 131 cm³/mol. The van der Waals surface area contributed by atoms with Crippen LogP contribution in [0.4, 0.5) is 0 Å². The molecule has 0 saturated heterocycles. The molecule has 0 bridgehead atoms. The van der Waals surface area contributed by atoms with Gasteiger partial charge in [0, 0.05) is 0 Å². The molecule has 0 heterocycles. The zero-order chi connectivity index (χ0) is 22.1. The number of unbranched alkanes of at least 4 members (excludes halogenated alkanes) is 1. The minimum absolute atomic E-state index is 0.122. The molecule has 164 valence electrons. The molecule has 0 aromatic heterocycles. The van der Waals surface area contributed by atoms with Crippen LogP contribution in [0, 0.1) is 16.7 Å². The molecule has 2 nitrogen and oxygen atoms in total. The lowest BCUT2D eigenvalue weighted by Crippen LogP contribution is -2.61. The second-order valence-electron chi connectivity index (χ2n) is 12.2. The van der Waals surface area contributed by atoms with Crippen LogP contribution in [-0.4, -0.2) is 25.2 Å². The quantitative estimate of drug-likeness (QED) is 0.305. The number of hydrogen-bond acceptors (Lipinski definition) is 2. The molecule has 5 heteroatoms. The van der Waals surface area contributed by atoms with Crippen LogP contribution in [0.2, 0.25) is 50.9 Å². The smallest absolute Gasteiger partial charge is 0.311 e. The fourth-order valence-electron chi connectivity index (χ4n) is 4.55. The van der Waals surface area contributed by atoms with Gasteiger partial charge in [-0.05, 0) is 67.6 Å². The molecule has 0 spiro atoms. The van der Waals surface area contributed by atoms with Crippen LogP contribution in [-0.2, 0) is 8.23 Å². The normalized spacial score (nSPS) is 16.6. The van der Waals surface area contributed by atoms with Gasteiger partial charge in [-0.1, -0.05) is 74.7 Å². The van der Waals surface area contributed by atoms with Crippen molar-refractivity contribution < 1.29 is 8.23 Å². The summed E-state index contributed by atoms with van der Waals surface area (Å²) in [4.78, 5) is 0. The van der Waals surface area contributed by atoms with Crippen molar-refractivity contribution in [3.05, 3.63) is 0 Å². The lowest BCUT2D eigenvalue weighted by Gasteiger charge is -2.60. The summed E-state index contributed by atoms with van der Waals surface area (Å²) in [7, 11) is -5.78. The Morgan fingerprint density at radius 2 is 1.22 bits per heavy atom. The average molecular weight is 433 g/mol. The molecule has 0 N–H and O–H groups in total. The van der Waals surface area contributed by atoms with E-state index in [0.717, 1.165) is 0 Å². The van der Waals surface area contributed by atoms with E-state index in [2.05, 4.69) is 101 Å². The molecule has 27 heavy (non-hydrogen) atoms. The third-order valence-corrected chi connectivity index (χ3v) is 20.0. The van der Waals surface area contributed by atoms with Gasteiger partial charge in [-0.2, -0.15) is 0 Å². The Morgan fingerprint density at radius 3 is 1.59 bits per heavy atom. The molecule has 0 amide bonds. The first-order valence-corrected chi connectivity index (χ1v) is 20.2. The zero-order valence-electron chi connectivity index (χ0n) is 21.5. The number of hydrogen-bond donors (Lipinski definition) is 0. The Balaban J connectivity index is 5.77. The van der Waals surface area contributed by atoms with Crippen molar-refractivity contribution in [2.45, 2.75) is 126 Å². The Hall–Kier alpha value is 0.571. The first-order chi connectivity index (χ1) is 11.6. The highest BCUT2D eigenvalue weighted by Crippen LogP contribution is 2.63. The second kappa shape index (κ2) is 8.75. The lowest BCUT2D eigenvalue weighted by molar-refractivity contribution is 0.00235. The van der Waals surface area contributed by atoms with Crippen LogP contribution >= 0.6 is 0 Å². The maximum absolute atomic E-state index is 7.00. The van der Waals surface area contributed by atoms with Gasteiger partial charge in [0.2, 0.25) is 0 Å². The fraction of sp³-hybridized carbons (Fsp3) is 1.00. The van der Waals surface area contributed by atoms with Crippen molar-refractivity contribution in [1.82, 2.24) is 0 Å². The first-order valence-electron chi connectivity index (χ1n) is 11.0. The van der Waals surface area contributed by atoms with E-state index in [4.69, 9.17) is 8.23 Å². The second-order valence-corrected chi connectivity index (χ2v) is 25.2. The third-order valence-electron chi connectivity index (χ3n) is 7.95. The molecule has 0 aromatic carbocycles. The van der Waals surface area contributed by atoms with Crippen molar-refractivity contribution in [1.29, 1.82) is 0 Å². The molecule has 0 aliphatic rings. The summed E-state index contributed by atoms with van der Waals surface area (Å²) in [6.07, 6.45) is 3.91. The molecule has 0 radical (unpaired) electrons. The number of rotatable bonds is 11. The molecule has 0 aliphatic heterocycles. The Labute approximate surface area is 175 Å². The van der Waals surface area contributed by atoms with E-state index in [1.807, 2.05) is 0 Å². The van der Waals surface area contributed by atoms with Crippen molar-refractivity contribution >= 4 is 25.2 Å². The maximum Gasteiger partial charge on any atom is 0.311 e. The van der Waals surface area contributed by atoms with E-state index in [0.29, 0.717) is 5.92 Å². The van der Waals surface area contributed by atoms with Crippen LogP contribution in [0.3, 0.4) is 0 Å². The van der Waals surface area contributed by atoms with Crippen LogP contribution < -0.4 is 0 Å². The van der Waals surface area contributed by atoms with Crippen molar-refractivity contribution in [2.24, 2.45) is 16.7 Å². The van der Waals surface area contributed by atoms with Crippen LogP contribution in [0.5, 0.6) is 0 Å². The Bertz CT molecular complexity index is 474. The van der Waals surface area contributed by atoms with Crippen LogP contribution in [0.15, 0.2) is 0 Å². The molecule has 0 rings (SSSR count). The Morgan fingerprint density at radius 1 is 0.778 bits per heavy atom. The highest BCUT2D eigenvalue weighted by molar-refractivity contribution is 6.88. The summed E-state index contributed by atoms with van der Waals surface area (Å²) >= 11 is 0. The van der Waals surface area contributed by atoms with Crippen molar-refractivity contribution in [3.8, 4) is 0 Å². The summed E-state index contributed by atoms with van der Waals surface area (Å²) < 4.78 is 13.5.